The standard InChI is InChI=1S/C51H95NO7/c1-4-7-9-11-13-15-17-19-20-21-22-23-24-25-26-28-30-32-34-36-38-40-48(55)52(6-3)44(41-42-46-49(56)51(58)50(57)47(43-53)59-46)45(54)39-37-35-33-31-29-27-18-16-14-12-10-8-5-2/h6,19-20,37,39,44-47,49-51,53-54,56-58H,3-5,7-18,21-36,38,40-43H2,1-2H3/b20-19+,39-37+/t44?,45?,46-,47+,49-,50-,51+/m1/s1. The molecule has 1 saturated heterocycles. The van der Waals surface area contributed by atoms with Crippen LogP contribution in [0.1, 0.15) is 232 Å². The molecule has 0 aliphatic carbocycles. The Hall–Kier alpha value is -1.55. The highest BCUT2D eigenvalue weighted by molar-refractivity contribution is 5.77. The number of ether oxygens (including phenoxy) is 1. The lowest BCUT2D eigenvalue weighted by Crippen LogP contribution is -2.58. The Kier molecular flexibility index (Phi) is 37.0. The van der Waals surface area contributed by atoms with E-state index in [1.807, 2.05) is 6.08 Å². The van der Waals surface area contributed by atoms with Crippen molar-refractivity contribution in [1.29, 1.82) is 0 Å². The van der Waals surface area contributed by atoms with Crippen molar-refractivity contribution in [3.05, 3.63) is 37.1 Å². The fraction of sp³-hybridized carbons (Fsp3) is 0.863. The molecule has 5 N–H and O–H groups in total. The summed E-state index contributed by atoms with van der Waals surface area (Å²) in [6.45, 7) is 7.96. The first-order valence-corrected chi connectivity index (χ1v) is 25.1. The second kappa shape index (κ2) is 39.3. The normalized spacial score (nSPS) is 20.8. The Morgan fingerprint density at radius 2 is 0.966 bits per heavy atom. The van der Waals surface area contributed by atoms with Gasteiger partial charge < -0.3 is 35.2 Å². The molecule has 0 radical (unpaired) electrons. The van der Waals surface area contributed by atoms with Gasteiger partial charge >= 0.3 is 0 Å². The van der Waals surface area contributed by atoms with E-state index in [9.17, 15) is 30.3 Å². The predicted octanol–water partition coefficient (Wildman–Crippen LogP) is 11.9. The molecule has 1 rings (SSSR count). The van der Waals surface area contributed by atoms with Crippen LogP contribution >= 0.6 is 0 Å². The third kappa shape index (κ3) is 27.9. The van der Waals surface area contributed by atoms with E-state index in [0.717, 1.165) is 38.5 Å². The summed E-state index contributed by atoms with van der Waals surface area (Å²) in [5.74, 6) is -0.0927. The van der Waals surface area contributed by atoms with Crippen molar-refractivity contribution in [3.8, 4) is 0 Å². The zero-order chi connectivity index (χ0) is 43.2. The molecule has 0 saturated carbocycles. The number of carbonyl (C=O) groups is 1. The summed E-state index contributed by atoms with van der Waals surface area (Å²) in [5, 5.41) is 52.3. The summed E-state index contributed by atoms with van der Waals surface area (Å²) in [5.41, 5.74) is 0. The first-order valence-electron chi connectivity index (χ1n) is 25.1. The molecule has 0 bridgehead atoms. The highest BCUT2D eigenvalue weighted by atomic mass is 16.5. The van der Waals surface area contributed by atoms with E-state index in [0.29, 0.717) is 6.42 Å². The van der Waals surface area contributed by atoms with Crippen LogP contribution in [0, 0.1) is 0 Å². The van der Waals surface area contributed by atoms with Gasteiger partial charge in [0.2, 0.25) is 5.91 Å². The fourth-order valence-electron chi connectivity index (χ4n) is 8.48. The molecule has 1 amide bonds. The Morgan fingerprint density at radius 3 is 1.39 bits per heavy atom. The number of amides is 1. The lowest BCUT2D eigenvalue weighted by atomic mass is 9.90. The van der Waals surface area contributed by atoms with E-state index in [2.05, 4.69) is 32.6 Å². The van der Waals surface area contributed by atoms with Crippen LogP contribution in [0.15, 0.2) is 37.1 Å². The number of aliphatic hydroxyl groups is 5. The molecule has 8 heteroatoms. The number of allylic oxidation sites excluding steroid dienone is 3. The van der Waals surface area contributed by atoms with Crippen LogP contribution in [0.2, 0.25) is 0 Å². The van der Waals surface area contributed by atoms with Crippen LogP contribution < -0.4 is 0 Å². The molecular formula is C51H95NO7. The van der Waals surface area contributed by atoms with Crippen molar-refractivity contribution in [1.82, 2.24) is 4.90 Å². The Morgan fingerprint density at radius 1 is 0.576 bits per heavy atom. The highest BCUT2D eigenvalue weighted by Gasteiger charge is 2.43. The first-order chi connectivity index (χ1) is 28.8. The lowest BCUT2D eigenvalue weighted by Gasteiger charge is -2.41. The molecule has 346 valence electrons. The average molecular weight is 834 g/mol. The molecule has 7 atom stereocenters. The molecule has 0 aromatic heterocycles. The second-order valence-corrected chi connectivity index (χ2v) is 17.7. The Labute approximate surface area is 363 Å². The second-order valence-electron chi connectivity index (χ2n) is 17.7. The van der Waals surface area contributed by atoms with Crippen molar-refractivity contribution < 1.29 is 35.1 Å². The van der Waals surface area contributed by atoms with Crippen molar-refractivity contribution in [2.24, 2.45) is 0 Å². The maximum atomic E-state index is 13.5. The van der Waals surface area contributed by atoms with Crippen LogP contribution in [0.3, 0.4) is 0 Å². The first kappa shape index (κ1) is 55.5. The molecule has 1 fully saturated rings. The largest absolute Gasteiger partial charge is 0.394 e. The molecule has 1 aliphatic heterocycles. The van der Waals surface area contributed by atoms with Crippen molar-refractivity contribution >= 4 is 5.91 Å². The molecule has 0 aromatic rings. The lowest BCUT2D eigenvalue weighted by molar-refractivity contribution is -0.231. The van der Waals surface area contributed by atoms with Crippen molar-refractivity contribution in [2.75, 3.05) is 6.61 Å². The average Bonchev–Trinajstić information content (AvgIpc) is 3.24. The van der Waals surface area contributed by atoms with Gasteiger partial charge in [-0.3, -0.25) is 4.79 Å². The third-order valence-electron chi connectivity index (χ3n) is 12.4. The number of aliphatic hydroxyl groups excluding tert-OH is 5. The SMILES string of the molecule is C=CN(C(=O)CCCCCCCCCCCCC/C=C/CCCCCCCC)C(CC[C@H]1O[C@@H](CO)[C@@H](O)[C@@H](O)[C@@H]1O)C(O)/C=C/CCCCCCCCCCCCC. The number of hydrogen-bond acceptors (Lipinski definition) is 7. The highest BCUT2D eigenvalue weighted by Crippen LogP contribution is 2.27. The monoisotopic (exact) mass is 834 g/mol. The molecular weight excluding hydrogens is 739 g/mol. The summed E-state index contributed by atoms with van der Waals surface area (Å²) < 4.78 is 5.75. The summed E-state index contributed by atoms with van der Waals surface area (Å²) in [7, 11) is 0. The number of rotatable bonds is 41. The van der Waals surface area contributed by atoms with Crippen LogP contribution in [-0.2, 0) is 9.53 Å². The van der Waals surface area contributed by atoms with Gasteiger partial charge in [-0.1, -0.05) is 199 Å². The van der Waals surface area contributed by atoms with Gasteiger partial charge in [-0.2, -0.15) is 0 Å². The number of hydrogen-bond donors (Lipinski definition) is 5. The third-order valence-corrected chi connectivity index (χ3v) is 12.4. The topological polar surface area (TPSA) is 131 Å². The summed E-state index contributed by atoms with van der Waals surface area (Å²) in [6.07, 6.45) is 42.6. The van der Waals surface area contributed by atoms with Crippen molar-refractivity contribution in [3.63, 3.8) is 0 Å². The minimum absolute atomic E-state index is 0.0927. The summed E-state index contributed by atoms with van der Waals surface area (Å²) in [4.78, 5) is 15.1. The van der Waals surface area contributed by atoms with Crippen LogP contribution in [0.5, 0.6) is 0 Å². The molecule has 1 heterocycles. The van der Waals surface area contributed by atoms with E-state index in [4.69, 9.17) is 4.74 Å². The van der Waals surface area contributed by atoms with Crippen LogP contribution in [0.25, 0.3) is 0 Å². The van der Waals surface area contributed by atoms with Crippen LogP contribution in [-0.4, -0.2) is 85.6 Å². The molecule has 0 aromatic carbocycles. The number of unbranched alkanes of at least 4 members (excludes halogenated alkanes) is 28. The fourth-order valence-corrected chi connectivity index (χ4v) is 8.48. The van der Waals surface area contributed by atoms with Crippen LogP contribution in [0.4, 0.5) is 0 Å². The van der Waals surface area contributed by atoms with E-state index in [-0.39, 0.29) is 18.7 Å². The quantitative estimate of drug-likeness (QED) is 0.0306. The van der Waals surface area contributed by atoms with E-state index in [1.54, 1.807) is 6.08 Å². The van der Waals surface area contributed by atoms with Gasteiger partial charge in [0.25, 0.3) is 0 Å². The van der Waals surface area contributed by atoms with Gasteiger partial charge in [-0.05, 0) is 64.0 Å². The maximum Gasteiger partial charge on any atom is 0.226 e. The number of nitrogens with zero attached hydrogens (tertiary/aromatic N) is 1. The van der Waals surface area contributed by atoms with Gasteiger partial charge in [0, 0.05) is 6.42 Å². The Balaban J connectivity index is 2.43. The van der Waals surface area contributed by atoms with Crippen molar-refractivity contribution in [2.45, 2.75) is 275 Å². The number of carbonyl (C=O) groups excluding carboxylic acids is 1. The van der Waals surface area contributed by atoms with E-state index in [1.165, 1.54) is 172 Å². The summed E-state index contributed by atoms with van der Waals surface area (Å²) >= 11 is 0. The molecule has 8 nitrogen and oxygen atoms in total. The van der Waals surface area contributed by atoms with E-state index >= 15 is 0 Å². The van der Waals surface area contributed by atoms with Gasteiger partial charge in [0.1, 0.15) is 24.4 Å². The van der Waals surface area contributed by atoms with Gasteiger partial charge in [-0.25, -0.2) is 0 Å². The maximum absolute atomic E-state index is 13.5. The molecule has 0 spiro atoms. The smallest absolute Gasteiger partial charge is 0.226 e. The van der Waals surface area contributed by atoms with Gasteiger partial charge in [0.05, 0.1) is 24.9 Å². The predicted molar refractivity (Wildman–Crippen MR) is 247 cm³/mol. The van der Waals surface area contributed by atoms with Gasteiger partial charge in [0.15, 0.2) is 0 Å². The zero-order valence-corrected chi connectivity index (χ0v) is 38.4. The summed E-state index contributed by atoms with van der Waals surface area (Å²) in [6, 6.07) is -0.632. The minimum atomic E-state index is -1.46. The molecule has 59 heavy (non-hydrogen) atoms. The zero-order valence-electron chi connectivity index (χ0n) is 38.4. The van der Waals surface area contributed by atoms with Gasteiger partial charge in [-0.15, -0.1) is 0 Å². The Bertz CT molecular complexity index is 1020. The van der Waals surface area contributed by atoms with E-state index < -0.39 is 49.3 Å². The molecule has 2 unspecified atom stereocenters. The molecule has 1 aliphatic rings. The minimum Gasteiger partial charge on any atom is -0.394 e.